The zero-order valence-electron chi connectivity index (χ0n) is 7.82. The van der Waals surface area contributed by atoms with Crippen molar-refractivity contribution in [3.8, 4) is 11.8 Å². The summed E-state index contributed by atoms with van der Waals surface area (Å²) in [5.41, 5.74) is 5.44. The average Bonchev–Trinajstić information content (AvgIpc) is 2.17. The minimum Gasteiger partial charge on any atom is -0.507 e. The van der Waals surface area contributed by atoms with Crippen LogP contribution < -0.4 is 11.1 Å². The van der Waals surface area contributed by atoms with Gasteiger partial charge in [0.25, 0.3) is 5.91 Å². The average molecular weight is 203 g/mol. The number of rotatable bonds is 2. The van der Waals surface area contributed by atoms with E-state index in [0.29, 0.717) is 0 Å². The maximum Gasteiger partial charge on any atom is 0.260 e. The highest BCUT2D eigenvalue weighted by Gasteiger charge is 2.11. The van der Waals surface area contributed by atoms with Gasteiger partial charge in [-0.05, 0) is 18.2 Å². The Morgan fingerprint density at radius 3 is 2.80 bits per heavy atom. The summed E-state index contributed by atoms with van der Waals surface area (Å²) in [5.74, 6) is -0.841. The lowest BCUT2D eigenvalue weighted by Gasteiger charge is -2.05. The molecule has 0 bridgehead atoms. The number of nitrogens with one attached hydrogen (secondary N) is 1. The second kappa shape index (κ2) is 4.15. The quantitative estimate of drug-likeness (QED) is 0.648. The number of nitrogens with two attached hydrogens (primary N) is 1. The van der Waals surface area contributed by atoms with E-state index in [0.717, 1.165) is 0 Å². The molecule has 1 aromatic rings. The number of phenolic OH excluding ortho intramolecular Hbond substituents is 1. The fraction of sp³-hybridized carbons (Fsp3) is 0. The van der Waals surface area contributed by atoms with Crippen molar-refractivity contribution in [3.63, 3.8) is 0 Å². The van der Waals surface area contributed by atoms with E-state index in [2.05, 4.69) is 11.9 Å². The number of carbonyl (C=O) groups is 1. The topological polar surface area (TPSA) is 99.1 Å². The van der Waals surface area contributed by atoms with Crippen LogP contribution in [-0.4, -0.2) is 11.0 Å². The normalized spacial score (nSPS) is 9.00. The molecule has 0 radical (unpaired) electrons. The van der Waals surface area contributed by atoms with E-state index >= 15 is 0 Å². The van der Waals surface area contributed by atoms with E-state index < -0.39 is 5.91 Å². The molecule has 5 nitrogen and oxygen atoms in total. The highest BCUT2D eigenvalue weighted by molar-refractivity contribution is 5.98. The number of nitrogens with zero attached hydrogens (tertiary/aromatic N) is 1. The molecule has 0 atom stereocenters. The molecular formula is C10H9N3O2. The molecule has 1 amide bonds. The molecule has 15 heavy (non-hydrogen) atoms. The second-order valence-electron chi connectivity index (χ2n) is 2.82. The molecule has 0 saturated heterocycles. The monoisotopic (exact) mass is 203 g/mol. The van der Waals surface area contributed by atoms with Gasteiger partial charge in [0.2, 0.25) is 0 Å². The first-order valence-corrected chi connectivity index (χ1v) is 4.03. The minimum absolute atomic E-state index is 0.0133. The van der Waals surface area contributed by atoms with Crippen LogP contribution in [0.15, 0.2) is 30.6 Å². The lowest BCUT2D eigenvalue weighted by Crippen LogP contribution is -2.26. The smallest absolute Gasteiger partial charge is 0.260 e. The van der Waals surface area contributed by atoms with Crippen molar-refractivity contribution in [2.45, 2.75) is 0 Å². The predicted octanol–water partition coefficient (Wildman–Crippen LogP) is 0.424. The third kappa shape index (κ3) is 2.48. The summed E-state index contributed by atoms with van der Waals surface area (Å²) in [5, 5.41) is 20.2. The molecular weight excluding hydrogens is 194 g/mol. The van der Waals surface area contributed by atoms with Gasteiger partial charge in [0.15, 0.2) is 0 Å². The third-order valence-electron chi connectivity index (χ3n) is 1.64. The summed E-state index contributed by atoms with van der Waals surface area (Å²) < 4.78 is 0. The Balaban J connectivity index is 3.08. The molecule has 1 rings (SSSR count). The molecule has 0 spiro atoms. The van der Waals surface area contributed by atoms with Crippen molar-refractivity contribution in [2.75, 3.05) is 0 Å². The zero-order chi connectivity index (χ0) is 11.4. The van der Waals surface area contributed by atoms with Crippen LogP contribution in [-0.2, 0) is 0 Å². The molecule has 0 fully saturated rings. The van der Waals surface area contributed by atoms with Gasteiger partial charge in [-0.1, -0.05) is 6.58 Å². The van der Waals surface area contributed by atoms with Crippen molar-refractivity contribution in [2.24, 2.45) is 5.73 Å². The molecule has 0 unspecified atom stereocenters. The molecule has 0 aromatic heterocycles. The van der Waals surface area contributed by atoms with Crippen LogP contribution in [0, 0.1) is 11.3 Å². The largest absolute Gasteiger partial charge is 0.507 e. The summed E-state index contributed by atoms with van der Waals surface area (Å²) in [4.78, 5) is 11.4. The Labute approximate surface area is 86.4 Å². The van der Waals surface area contributed by atoms with Gasteiger partial charge in [0.05, 0.1) is 23.0 Å². The predicted molar refractivity (Wildman–Crippen MR) is 53.6 cm³/mol. The number of hydrogen-bond donors (Lipinski definition) is 3. The second-order valence-corrected chi connectivity index (χ2v) is 2.82. The summed E-state index contributed by atoms with van der Waals surface area (Å²) in [7, 11) is 0. The summed E-state index contributed by atoms with van der Waals surface area (Å²) in [6.07, 6.45) is 0. The molecule has 76 valence electrons. The first-order valence-electron chi connectivity index (χ1n) is 4.03. The standard InChI is InChI=1S/C10H9N3O2/c1-6(12)13-10(15)8-4-7(5-11)2-3-9(8)14/h2-4,14H,1,12H2,(H,13,15). The Hall–Kier alpha value is -2.48. The van der Waals surface area contributed by atoms with Gasteiger partial charge in [-0.2, -0.15) is 5.26 Å². The van der Waals surface area contributed by atoms with Crippen molar-refractivity contribution < 1.29 is 9.90 Å². The van der Waals surface area contributed by atoms with E-state index in [9.17, 15) is 9.90 Å². The number of phenols is 1. The van der Waals surface area contributed by atoms with E-state index in [4.69, 9.17) is 11.0 Å². The van der Waals surface area contributed by atoms with Crippen molar-refractivity contribution >= 4 is 5.91 Å². The third-order valence-corrected chi connectivity index (χ3v) is 1.64. The lowest BCUT2D eigenvalue weighted by molar-refractivity contribution is 0.0963. The molecule has 0 aliphatic rings. The van der Waals surface area contributed by atoms with Gasteiger partial charge in [0, 0.05) is 0 Å². The Morgan fingerprint density at radius 2 is 2.27 bits per heavy atom. The number of amides is 1. The molecule has 0 aliphatic heterocycles. The van der Waals surface area contributed by atoms with Crippen LogP contribution in [0.4, 0.5) is 0 Å². The Morgan fingerprint density at radius 1 is 1.60 bits per heavy atom. The number of benzene rings is 1. The molecule has 1 aromatic carbocycles. The van der Waals surface area contributed by atoms with Crippen LogP contribution >= 0.6 is 0 Å². The SMILES string of the molecule is C=C(N)NC(=O)c1cc(C#N)ccc1O. The van der Waals surface area contributed by atoms with E-state index in [1.165, 1.54) is 18.2 Å². The molecule has 4 N–H and O–H groups in total. The minimum atomic E-state index is -0.600. The van der Waals surface area contributed by atoms with Gasteiger partial charge in [-0.15, -0.1) is 0 Å². The first-order chi connectivity index (χ1) is 7.04. The van der Waals surface area contributed by atoms with Crippen LogP contribution in [0.3, 0.4) is 0 Å². The van der Waals surface area contributed by atoms with E-state index in [1.54, 1.807) is 0 Å². The summed E-state index contributed by atoms with van der Waals surface area (Å²) in [6, 6.07) is 5.81. The fourth-order valence-corrected chi connectivity index (χ4v) is 1.00. The van der Waals surface area contributed by atoms with Crippen LogP contribution in [0.1, 0.15) is 15.9 Å². The maximum absolute atomic E-state index is 11.4. The maximum atomic E-state index is 11.4. The molecule has 0 heterocycles. The molecule has 0 aliphatic carbocycles. The zero-order valence-corrected chi connectivity index (χ0v) is 7.82. The van der Waals surface area contributed by atoms with Crippen molar-refractivity contribution in [1.29, 1.82) is 5.26 Å². The molecule has 5 heteroatoms. The van der Waals surface area contributed by atoms with Crippen LogP contribution in [0.5, 0.6) is 5.75 Å². The summed E-state index contributed by atoms with van der Waals surface area (Å²) >= 11 is 0. The van der Waals surface area contributed by atoms with Crippen LogP contribution in [0.25, 0.3) is 0 Å². The number of carbonyl (C=O) groups excluding carboxylic acids is 1. The van der Waals surface area contributed by atoms with E-state index in [1.807, 2.05) is 6.07 Å². The first kappa shape index (κ1) is 10.6. The van der Waals surface area contributed by atoms with Gasteiger partial charge >= 0.3 is 0 Å². The fourth-order valence-electron chi connectivity index (χ4n) is 1.00. The van der Waals surface area contributed by atoms with Crippen molar-refractivity contribution in [1.82, 2.24) is 5.32 Å². The highest BCUT2D eigenvalue weighted by Crippen LogP contribution is 2.17. The Bertz CT molecular complexity index is 460. The van der Waals surface area contributed by atoms with Gasteiger partial charge in [-0.25, -0.2) is 0 Å². The number of hydrogen-bond acceptors (Lipinski definition) is 4. The lowest BCUT2D eigenvalue weighted by atomic mass is 10.1. The number of aromatic hydroxyl groups is 1. The van der Waals surface area contributed by atoms with Crippen LogP contribution in [0.2, 0.25) is 0 Å². The van der Waals surface area contributed by atoms with Gasteiger partial charge < -0.3 is 16.2 Å². The Kier molecular flexibility index (Phi) is 2.94. The van der Waals surface area contributed by atoms with Crippen molar-refractivity contribution in [3.05, 3.63) is 41.7 Å². The highest BCUT2D eigenvalue weighted by atomic mass is 16.3. The molecule has 0 saturated carbocycles. The van der Waals surface area contributed by atoms with E-state index in [-0.39, 0.29) is 22.7 Å². The van der Waals surface area contributed by atoms with Gasteiger partial charge in [-0.3, -0.25) is 4.79 Å². The van der Waals surface area contributed by atoms with Gasteiger partial charge in [0.1, 0.15) is 5.75 Å². The number of nitriles is 1. The summed E-state index contributed by atoms with van der Waals surface area (Å²) in [6.45, 7) is 3.29.